The fraction of sp³-hybridized carbons (Fsp3) is 0.318. The summed E-state index contributed by atoms with van der Waals surface area (Å²) >= 11 is 0. The zero-order valence-corrected chi connectivity index (χ0v) is 17.8. The number of aryl methyl sites for hydroxylation is 1. The number of hydrogen-bond acceptors (Lipinski definition) is 8. The Kier molecular flexibility index (Phi) is 4.76. The molecule has 9 heteroatoms. The van der Waals surface area contributed by atoms with E-state index in [1.54, 1.807) is 30.7 Å². The van der Waals surface area contributed by atoms with Crippen LogP contribution in [0.4, 0.5) is 11.6 Å². The number of aromatic nitrogens is 3. The molecule has 0 saturated carbocycles. The Labute approximate surface area is 180 Å². The number of aliphatic hydroxyl groups is 1. The molecule has 31 heavy (non-hydrogen) atoms. The molecule has 0 unspecified atom stereocenters. The van der Waals surface area contributed by atoms with E-state index in [0.717, 1.165) is 28.1 Å². The Morgan fingerprint density at radius 3 is 2.55 bits per heavy atom. The molecule has 2 aromatic heterocycles. The maximum atomic E-state index is 12.5. The second-order valence-corrected chi connectivity index (χ2v) is 10.2. The highest BCUT2D eigenvalue weighted by molar-refractivity contribution is 7.91. The van der Waals surface area contributed by atoms with Crippen LogP contribution in [0.15, 0.2) is 53.8 Å². The van der Waals surface area contributed by atoms with E-state index in [2.05, 4.69) is 15.0 Å². The van der Waals surface area contributed by atoms with Gasteiger partial charge in [0.25, 0.3) is 0 Å². The summed E-state index contributed by atoms with van der Waals surface area (Å²) in [6.45, 7) is 3.35. The number of ether oxygens (including phenoxy) is 1. The van der Waals surface area contributed by atoms with Gasteiger partial charge in [-0.1, -0.05) is 6.07 Å². The van der Waals surface area contributed by atoms with Crippen molar-refractivity contribution >= 4 is 21.5 Å². The van der Waals surface area contributed by atoms with Crippen LogP contribution in [-0.2, 0) is 20.0 Å². The molecule has 8 nitrogen and oxygen atoms in total. The SMILES string of the molecule is Cc1ccnc(-c2cnc(N3CC4(COC4)c4ccc(S(=O)(=O)CCO)cc43)nc2)c1. The zero-order valence-electron chi connectivity index (χ0n) is 17.0. The Morgan fingerprint density at radius 2 is 1.90 bits per heavy atom. The van der Waals surface area contributed by atoms with Gasteiger partial charge in [-0.05, 0) is 42.3 Å². The lowest BCUT2D eigenvalue weighted by atomic mass is 9.81. The van der Waals surface area contributed by atoms with E-state index in [1.807, 2.05) is 30.0 Å². The number of fused-ring (bicyclic) bond motifs is 2. The number of rotatable bonds is 5. The van der Waals surface area contributed by atoms with E-state index in [0.29, 0.717) is 25.7 Å². The van der Waals surface area contributed by atoms with Crippen molar-refractivity contribution in [3.63, 3.8) is 0 Å². The van der Waals surface area contributed by atoms with Gasteiger partial charge in [0.1, 0.15) is 0 Å². The molecule has 2 aliphatic heterocycles. The summed E-state index contributed by atoms with van der Waals surface area (Å²) in [7, 11) is -3.57. The third-order valence-corrected chi connectivity index (χ3v) is 7.55. The highest BCUT2D eigenvalue weighted by atomic mass is 32.2. The number of nitrogens with zero attached hydrogens (tertiary/aromatic N) is 4. The van der Waals surface area contributed by atoms with Gasteiger partial charge in [-0.3, -0.25) is 4.98 Å². The molecule has 0 bridgehead atoms. The summed E-state index contributed by atoms with van der Waals surface area (Å²) in [4.78, 5) is 15.6. The van der Waals surface area contributed by atoms with Crippen LogP contribution in [-0.4, -0.2) is 60.6 Å². The molecule has 1 spiro atoms. The van der Waals surface area contributed by atoms with Crippen LogP contribution >= 0.6 is 0 Å². The van der Waals surface area contributed by atoms with Crippen LogP contribution in [0, 0.1) is 6.92 Å². The minimum atomic E-state index is -3.57. The van der Waals surface area contributed by atoms with Crippen molar-refractivity contribution in [1.29, 1.82) is 0 Å². The predicted molar refractivity (Wildman–Crippen MR) is 115 cm³/mol. The summed E-state index contributed by atoms with van der Waals surface area (Å²) in [5.41, 5.74) is 4.33. The Morgan fingerprint density at radius 1 is 1.13 bits per heavy atom. The summed E-state index contributed by atoms with van der Waals surface area (Å²) in [6.07, 6.45) is 5.22. The van der Waals surface area contributed by atoms with Crippen LogP contribution in [0.2, 0.25) is 0 Å². The summed E-state index contributed by atoms with van der Waals surface area (Å²) in [6, 6.07) is 9.03. The van der Waals surface area contributed by atoms with Crippen LogP contribution in [0.5, 0.6) is 0 Å². The fourth-order valence-corrected chi connectivity index (χ4v) is 5.19. The minimum absolute atomic E-state index is 0.183. The Balaban J connectivity index is 1.54. The fourth-order valence-electron chi connectivity index (χ4n) is 4.15. The molecule has 3 aromatic rings. The molecule has 0 amide bonds. The van der Waals surface area contributed by atoms with E-state index in [1.165, 1.54) is 0 Å². The highest BCUT2D eigenvalue weighted by Crippen LogP contribution is 2.48. The van der Waals surface area contributed by atoms with Crippen LogP contribution < -0.4 is 4.90 Å². The second-order valence-electron chi connectivity index (χ2n) is 8.07. The van der Waals surface area contributed by atoms with Crippen molar-refractivity contribution in [1.82, 2.24) is 15.0 Å². The normalized spacial score (nSPS) is 16.9. The topological polar surface area (TPSA) is 106 Å². The van der Waals surface area contributed by atoms with Gasteiger partial charge < -0.3 is 14.7 Å². The molecule has 5 rings (SSSR count). The third-order valence-electron chi connectivity index (χ3n) is 5.86. The van der Waals surface area contributed by atoms with Gasteiger partial charge in [-0.25, -0.2) is 18.4 Å². The third kappa shape index (κ3) is 3.38. The molecule has 160 valence electrons. The van der Waals surface area contributed by atoms with Crippen molar-refractivity contribution < 1.29 is 18.3 Å². The van der Waals surface area contributed by atoms with E-state index >= 15 is 0 Å². The minimum Gasteiger partial charge on any atom is -0.395 e. The van der Waals surface area contributed by atoms with Crippen LogP contribution in [0.25, 0.3) is 11.3 Å². The van der Waals surface area contributed by atoms with Gasteiger partial charge in [0.05, 0.1) is 41.6 Å². The molecule has 2 aliphatic rings. The Bertz CT molecular complexity index is 1240. The molecule has 4 heterocycles. The van der Waals surface area contributed by atoms with E-state index in [-0.39, 0.29) is 16.1 Å². The van der Waals surface area contributed by atoms with Crippen molar-refractivity contribution in [2.75, 3.05) is 37.0 Å². The molecule has 0 radical (unpaired) electrons. The number of aliphatic hydroxyl groups excluding tert-OH is 1. The summed E-state index contributed by atoms with van der Waals surface area (Å²) in [5.74, 6) is 0.187. The van der Waals surface area contributed by atoms with Gasteiger partial charge in [-0.15, -0.1) is 0 Å². The van der Waals surface area contributed by atoms with Gasteiger partial charge in [0, 0.05) is 36.4 Å². The molecule has 1 N–H and O–H groups in total. The molecular formula is C22H22N4O4S. The first kappa shape index (κ1) is 20.0. The van der Waals surface area contributed by atoms with E-state index in [9.17, 15) is 8.42 Å². The van der Waals surface area contributed by atoms with Gasteiger partial charge in [0.15, 0.2) is 9.84 Å². The number of hydrogen-bond donors (Lipinski definition) is 1. The average Bonchev–Trinajstić information content (AvgIpc) is 3.09. The quantitative estimate of drug-likeness (QED) is 0.645. The average molecular weight is 439 g/mol. The van der Waals surface area contributed by atoms with Gasteiger partial charge in [0.2, 0.25) is 5.95 Å². The summed E-state index contributed by atoms with van der Waals surface area (Å²) in [5, 5.41) is 9.12. The first-order valence-corrected chi connectivity index (χ1v) is 11.7. The lowest BCUT2D eigenvalue weighted by Crippen LogP contribution is -2.49. The van der Waals surface area contributed by atoms with Crippen molar-refractivity contribution in [3.8, 4) is 11.3 Å². The molecule has 0 aliphatic carbocycles. The second kappa shape index (κ2) is 7.37. The monoisotopic (exact) mass is 438 g/mol. The summed E-state index contributed by atoms with van der Waals surface area (Å²) < 4.78 is 30.5. The van der Waals surface area contributed by atoms with Crippen molar-refractivity contribution in [2.24, 2.45) is 0 Å². The molecule has 1 aromatic carbocycles. The van der Waals surface area contributed by atoms with Crippen LogP contribution in [0.3, 0.4) is 0 Å². The molecular weight excluding hydrogens is 416 g/mol. The lowest BCUT2D eigenvalue weighted by molar-refractivity contribution is -0.0507. The maximum absolute atomic E-state index is 12.5. The number of sulfone groups is 1. The standard InChI is InChI=1S/C22H22N4O4S/c1-15-4-5-23-19(8-15)16-10-24-21(25-11-16)26-12-22(13-30-14-22)18-3-2-17(9-20(18)26)31(28,29)7-6-27/h2-5,8-11,27H,6-7,12-14H2,1H3. The van der Waals surface area contributed by atoms with E-state index < -0.39 is 16.4 Å². The lowest BCUT2D eigenvalue weighted by Gasteiger charge is -2.38. The zero-order chi connectivity index (χ0) is 21.6. The van der Waals surface area contributed by atoms with Crippen molar-refractivity contribution in [2.45, 2.75) is 17.2 Å². The van der Waals surface area contributed by atoms with Crippen LogP contribution in [0.1, 0.15) is 11.1 Å². The van der Waals surface area contributed by atoms with Crippen molar-refractivity contribution in [3.05, 3.63) is 60.0 Å². The highest BCUT2D eigenvalue weighted by Gasteiger charge is 2.49. The Hall–Kier alpha value is -2.88. The molecule has 0 atom stereocenters. The maximum Gasteiger partial charge on any atom is 0.229 e. The number of benzene rings is 1. The largest absolute Gasteiger partial charge is 0.395 e. The first-order chi connectivity index (χ1) is 14.9. The first-order valence-electron chi connectivity index (χ1n) is 10.0. The number of anilines is 2. The van der Waals surface area contributed by atoms with E-state index in [4.69, 9.17) is 9.84 Å². The van der Waals surface area contributed by atoms with Gasteiger partial charge >= 0.3 is 0 Å². The smallest absolute Gasteiger partial charge is 0.229 e. The molecule has 1 saturated heterocycles. The molecule has 1 fully saturated rings. The number of pyridine rings is 1. The predicted octanol–water partition coefficient (Wildman–Crippen LogP) is 2.03. The van der Waals surface area contributed by atoms with Gasteiger partial charge in [-0.2, -0.15) is 0 Å².